The fourth-order valence-corrected chi connectivity index (χ4v) is 5.27. The number of aryl methyl sites for hydroxylation is 1. The quantitative estimate of drug-likeness (QED) is 0.332. The normalized spacial score (nSPS) is 20.9. The maximum Gasteiger partial charge on any atom is 0.412 e. The highest BCUT2D eigenvalue weighted by atomic mass is 32.2. The van der Waals surface area contributed by atoms with E-state index >= 15 is 0 Å². The van der Waals surface area contributed by atoms with Crippen LogP contribution in [0.4, 0.5) is 0 Å². The summed E-state index contributed by atoms with van der Waals surface area (Å²) in [6, 6.07) is 10.4. The van der Waals surface area contributed by atoms with Crippen molar-refractivity contribution in [2.24, 2.45) is 0 Å². The molecule has 1 saturated heterocycles. The van der Waals surface area contributed by atoms with Crippen LogP contribution in [0.2, 0.25) is 6.82 Å². The van der Waals surface area contributed by atoms with Crippen molar-refractivity contribution in [1.82, 2.24) is 9.53 Å². The molecule has 1 aliphatic heterocycles. The summed E-state index contributed by atoms with van der Waals surface area (Å²) < 4.78 is 35.8. The number of nitrogens with one attached hydrogen (secondary N) is 1. The molecule has 1 aliphatic rings. The van der Waals surface area contributed by atoms with E-state index in [-0.39, 0.29) is 24.5 Å². The average molecular weight is 460 g/mol. The highest BCUT2D eigenvalue weighted by Gasteiger charge is 2.60. The van der Waals surface area contributed by atoms with Gasteiger partial charge in [0.25, 0.3) is 0 Å². The Morgan fingerprint density at radius 2 is 1.91 bits per heavy atom. The van der Waals surface area contributed by atoms with E-state index in [0.29, 0.717) is 0 Å². The van der Waals surface area contributed by atoms with E-state index in [1.165, 1.54) is 19.0 Å². The Balaban J connectivity index is 2.07. The Morgan fingerprint density at radius 1 is 1.28 bits per heavy atom. The van der Waals surface area contributed by atoms with Crippen LogP contribution in [-0.2, 0) is 30.9 Å². The summed E-state index contributed by atoms with van der Waals surface area (Å²) in [6.07, 6.45) is 3.20. The molecular formula is C21H27BN3O6S+. The van der Waals surface area contributed by atoms with Gasteiger partial charge in [-0.1, -0.05) is 23.8 Å². The van der Waals surface area contributed by atoms with Gasteiger partial charge < -0.3 is 14.6 Å². The number of amides is 1. The van der Waals surface area contributed by atoms with Gasteiger partial charge in [-0.2, -0.15) is 4.72 Å². The number of hydrogen-bond acceptors (Lipinski definition) is 6. The van der Waals surface area contributed by atoms with Crippen molar-refractivity contribution in [3.05, 3.63) is 60.4 Å². The zero-order valence-corrected chi connectivity index (χ0v) is 19.1. The minimum Gasteiger partial charge on any atom is -0.464 e. The molecule has 0 aliphatic carbocycles. The maximum atomic E-state index is 13.6. The van der Waals surface area contributed by atoms with E-state index in [0.717, 1.165) is 10.4 Å². The van der Waals surface area contributed by atoms with Gasteiger partial charge in [0.2, 0.25) is 15.9 Å². The Hall–Kier alpha value is -2.76. The van der Waals surface area contributed by atoms with Gasteiger partial charge in [-0.05, 0) is 32.8 Å². The number of esters is 1. The number of benzene rings is 1. The first kappa shape index (κ1) is 23.9. The lowest BCUT2D eigenvalue weighted by atomic mass is 9.84. The molecule has 2 aromatic rings. The van der Waals surface area contributed by atoms with Crippen molar-refractivity contribution in [1.29, 1.82) is 0 Å². The molecule has 3 rings (SSSR count). The average Bonchev–Trinajstić information content (AvgIpc) is 3.01. The van der Waals surface area contributed by atoms with Crippen LogP contribution in [0.25, 0.3) is 0 Å². The third-order valence-corrected chi connectivity index (χ3v) is 6.93. The zero-order chi connectivity index (χ0) is 23.5. The number of carbonyl (C=O) groups is 2. The zero-order valence-electron chi connectivity index (χ0n) is 18.3. The second-order valence-corrected chi connectivity index (χ2v) is 9.55. The van der Waals surface area contributed by atoms with Crippen molar-refractivity contribution in [2.45, 2.75) is 50.1 Å². The molecule has 2 N–H and O–H groups in total. The maximum absolute atomic E-state index is 13.6. The van der Waals surface area contributed by atoms with Crippen LogP contribution >= 0.6 is 0 Å². The third kappa shape index (κ3) is 4.84. The first-order chi connectivity index (χ1) is 15.1. The van der Waals surface area contributed by atoms with Crippen LogP contribution in [0.5, 0.6) is 0 Å². The van der Waals surface area contributed by atoms with E-state index < -0.39 is 40.5 Å². The summed E-state index contributed by atoms with van der Waals surface area (Å²) >= 11 is 0. The van der Waals surface area contributed by atoms with E-state index in [4.69, 9.17) is 4.74 Å². The van der Waals surface area contributed by atoms with Gasteiger partial charge in [-0.25, -0.2) is 17.8 Å². The molecule has 0 radical (unpaired) electrons. The molecule has 170 valence electrons. The van der Waals surface area contributed by atoms with Gasteiger partial charge in [0.05, 0.1) is 11.5 Å². The third-order valence-electron chi connectivity index (χ3n) is 5.37. The summed E-state index contributed by atoms with van der Waals surface area (Å²) in [5.74, 6) is -1.39. The standard InChI is InChI=1S/C21H27BN3O6S/c1-4-31-19(26)18-14-21(20(27)25(18)22(3)28,15-24-12-6-5-7-13-24)23-32(29,30)17-10-8-16(2)9-11-17/h5-13,18,23,28H,4,14-15H2,1-3H3/q+1/t18-,21+/m0/s1. The lowest BCUT2D eigenvalue weighted by Crippen LogP contribution is -2.62. The Morgan fingerprint density at radius 3 is 2.47 bits per heavy atom. The van der Waals surface area contributed by atoms with Crippen LogP contribution in [0, 0.1) is 6.92 Å². The predicted octanol–water partition coefficient (Wildman–Crippen LogP) is 0.274. The largest absolute Gasteiger partial charge is 0.464 e. The van der Waals surface area contributed by atoms with Gasteiger partial charge in [-0.15, -0.1) is 0 Å². The first-order valence-corrected chi connectivity index (χ1v) is 11.8. The summed E-state index contributed by atoms with van der Waals surface area (Å²) in [4.78, 5) is 27.2. The van der Waals surface area contributed by atoms with Gasteiger partial charge in [-0.3, -0.25) is 4.79 Å². The van der Waals surface area contributed by atoms with Gasteiger partial charge in [0.15, 0.2) is 24.5 Å². The molecule has 1 aromatic heterocycles. The van der Waals surface area contributed by atoms with Gasteiger partial charge in [0.1, 0.15) is 6.04 Å². The van der Waals surface area contributed by atoms with Crippen LogP contribution in [0.15, 0.2) is 59.8 Å². The Labute approximate surface area is 188 Å². The Bertz CT molecular complexity index is 1080. The van der Waals surface area contributed by atoms with Crippen molar-refractivity contribution >= 4 is 29.0 Å². The second kappa shape index (κ2) is 9.39. The monoisotopic (exact) mass is 460 g/mol. The summed E-state index contributed by atoms with van der Waals surface area (Å²) in [5.41, 5.74) is -0.817. The fraction of sp³-hybridized carbons (Fsp3) is 0.381. The molecule has 0 unspecified atom stereocenters. The van der Waals surface area contributed by atoms with Crippen molar-refractivity contribution in [3.63, 3.8) is 0 Å². The number of aromatic nitrogens is 1. The molecule has 1 amide bonds. The van der Waals surface area contributed by atoms with Crippen molar-refractivity contribution < 1.29 is 32.3 Å². The van der Waals surface area contributed by atoms with Crippen LogP contribution < -0.4 is 9.29 Å². The minimum atomic E-state index is -4.13. The number of pyridine rings is 1. The van der Waals surface area contributed by atoms with Crippen LogP contribution in [-0.4, -0.2) is 55.4 Å². The molecule has 11 heteroatoms. The molecule has 2 heterocycles. The van der Waals surface area contributed by atoms with E-state index in [2.05, 4.69) is 4.72 Å². The number of sulfonamides is 1. The molecule has 0 spiro atoms. The predicted molar refractivity (Wildman–Crippen MR) is 117 cm³/mol. The fourth-order valence-electron chi connectivity index (χ4n) is 3.90. The topological polar surface area (TPSA) is 117 Å². The van der Waals surface area contributed by atoms with Crippen LogP contribution in [0.3, 0.4) is 0 Å². The molecule has 32 heavy (non-hydrogen) atoms. The number of nitrogens with zero attached hydrogens (tertiary/aromatic N) is 2. The van der Waals surface area contributed by atoms with E-state index in [9.17, 15) is 23.0 Å². The minimum absolute atomic E-state index is 0.00322. The van der Waals surface area contributed by atoms with Crippen molar-refractivity contribution in [3.8, 4) is 0 Å². The second-order valence-electron chi connectivity index (χ2n) is 7.86. The highest BCUT2D eigenvalue weighted by Crippen LogP contribution is 2.32. The van der Waals surface area contributed by atoms with E-state index in [1.54, 1.807) is 54.2 Å². The Kier molecular flexibility index (Phi) is 7.01. The molecule has 2 atom stereocenters. The smallest absolute Gasteiger partial charge is 0.412 e. The molecular weight excluding hydrogens is 433 g/mol. The molecule has 9 nitrogen and oxygen atoms in total. The summed E-state index contributed by atoms with van der Waals surface area (Å²) in [7, 11) is -5.44. The molecule has 0 saturated carbocycles. The lowest BCUT2D eigenvalue weighted by molar-refractivity contribution is -0.702. The number of carbonyl (C=O) groups excluding carboxylic acids is 2. The molecule has 0 bridgehead atoms. The highest BCUT2D eigenvalue weighted by molar-refractivity contribution is 7.89. The SMILES string of the molecule is CCOC(=O)[C@@H]1C[C@](C[n+]2ccccc2)(NS(=O)(=O)c2ccc(C)cc2)C(=O)N1B(C)O. The molecule has 1 aromatic carbocycles. The number of hydrogen-bond donors (Lipinski definition) is 2. The number of ether oxygens (including phenoxy) is 1. The lowest BCUT2D eigenvalue weighted by Gasteiger charge is -2.27. The summed E-state index contributed by atoms with van der Waals surface area (Å²) in [5, 5.41) is 10.3. The van der Waals surface area contributed by atoms with Gasteiger partial charge in [0, 0.05) is 18.6 Å². The summed E-state index contributed by atoms with van der Waals surface area (Å²) in [6.45, 7) is 4.84. The number of rotatable bonds is 8. The first-order valence-electron chi connectivity index (χ1n) is 10.3. The van der Waals surface area contributed by atoms with Crippen molar-refractivity contribution in [2.75, 3.05) is 6.61 Å². The molecule has 1 fully saturated rings. The van der Waals surface area contributed by atoms with E-state index in [1.807, 2.05) is 6.92 Å². The van der Waals surface area contributed by atoms with Gasteiger partial charge >= 0.3 is 13.0 Å². The van der Waals surface area contributed by atoms with Crippen LogP contribution in [0.1, 0.15) is 18.9 Å².